The Hall–Kier alpha value is -4.25. The van der Waals surface area contributed by atoms with Crippen molar-refractivity contribution in [3.8, 4) is 11.8 Å². The molecule has 0 aliphatic rings. The number of pyridine rings is 1. The van der Waals surface area contributed by atoms with E-state index >= 15 is 0 Å². The minimum atomic E-state index is -4.12. The second kappa shape index (κ2) is 12.1. The molecule has 1 atom stereocenters. The molecule has 0 radical (unpaired) electrons. The lowest BCUT2D eigenvalue weighted by atomic mass is 10.00. The molecule has 10 nitrogen and oxygen atoms in total. The molecule has 0 aliphatic carbocycles. The van der Waals surface area contributed by atoms with Gasteiger partial charge in [0.15, 0.2) is 6.10 Å². The third kappa shape index (κ3) is 6.91. The van der Waals surface area contributed by atoms with E-state index in [1.54, 1.807) is 60.7 Å². The maximum absolute atomic E-state index is 13.1. The number of aromatic nitrogens is 1. The number of rotatable bonds is 11. The molecular formula is C26H26N2O8S. The van der Waals surface area contributed by atoms with E-state index in [0.717, 1.165) is 6.26 Å². The monoisotopic (exact) mass is 526 g/mol. The van der Waals surface area contributed by atoms with Gasteiger partial charge in [0, 0.05) is 23.6 Å². The summed E-state index contributed by atoms with van der Waals surface area (Å²) in [6, 6.07) is 19.5. The SMILES string of the molecule is COc1ccc(N(C(=O)CCC(=O)OC(C(=O)c2ccccc2)c2ccccc2)S(C)(=O)=O)c(OC)n1. The summed E-state index contributed by atoms with van der Waals surface area (Å²) in [7, 11) is -1.48. The Morgan fingerprint density at radius 3 is 2.05 bits per heavy atom. The number of carbonyl (C=O) groups excluding carboxylic acids is 3. The Bertz CT molecular complexity index is 1360. The zero-order chi connectivity index (χ0) is 27.0. The maximum Gasteiger partial charge on any atom is 0.307 e. The van der Waals surface area contributed by atoms with Crippen LogP contribution in [0.4, 0.5) is 5.69 Å². The van der Waals surface area contributed by atoms with Crippen LogP contribution in [0.3, 0.4) is 0 Å². The van der Waals surface area contributed by atoms with Gasteiger partial charge in [-0.3, -0.25) is 14.4 Å². The summed E-state index contributed by atoms with van der Waals surface area (Å²) in [6.07, 6.45) is -1.37. The Balaban J connectivity index is 1.79. The molecule has 37 heavy (non-hydrogen) atoms. The van der Waals surface area contributed by atoms with Crippen molar-refractivity contribution >= 4 is 33.4 Å². The first-order chi connectivity index (χ1) is 17.7. The number of ketones is 1. The van der Waals surface area contributed by atoms with Gasteiger partial charge in [-0.15, -0.1) is 0 Å². The number of anilines is 1. The molecule has 0 saturated carbocycles. The van der Waals surface area contributed by atoms with Crippen molar-refractivity contribution in [3.05, 3.63) is 83.9 Å². The fourth-order valence-electron chi connectivity index (χ4n) is 3.49. The highest BCUT2D eigenvalue weighted by Crippen LogP contribution is 2.31. The standard InChI is InChI=1S/C26H26N2O8S/c1-34-21-15-14-20(26(27-21)35-2)28(37(3,32)33)22(29)16-17-23(30)36-25(19-12-8-5-9-13-19)24(31)18-10-6-4-7-11-18/h4-15,25H,16-17H2,1-3H3. The van der Waals surface area contributed by atoms with Gasteiger partial charge in [-0.25, -0.2) is 12.7 Å². The van der Waals surface area contributed by atoms with Crippen molar-refractivity contribution in [3.63, 3.8) is 0 Å². The summed E-state index contributed by atoms with van der Waals surface area (Å²) in [5.41, 5.74) is 0.677. The summed E-state index contributed by atoms with van der Waals surface area (Å²) in [5, 5.41) is 0. The minimum Gasteiger partial charge on any atom is -0.481 e. The van der Waals surface area contributed by atoms with Crippen molar-refractivity contribution in [2.75, 3.05) is 24.8 Å². The average Bonchev–Trinajstić information content (AvgIpc) is 2.90. The van der Waals surface area contributed by atoms with Gasteiger partial charge in [0.2, 0.25) is 33.5 Å². The van der Waals surface area contributed by atoms with Crippen LogP contribution in [0, 0.1) is 0 Å². The molecule has 0 aliphatic heterocycles. The van der Waals surface area contributed by atoms with Crippen LogP contribution in [0.25, 0.3) is 0 Å². The van der Waals surface area contributed by atoms with Crippen LogP contribution in [0.2, 0.25) is 0 Å². The second-order valence-corrected chi connectivity index (χ2v) is 9.65. The van der Waals surface area contributed by atoms with Crippen LogP contribution in [-0.4, -0.2) is 51.5 Å². The third-order valence-corrected chi connectivity index (χ3v) is 6.25. The van der Waals surface area contributed by atoms with Crippen LogP contribution in [-0.2, 0) is 24.3 Å². The average molecular weight is 527 g/mol. The summed E-state index contributed by atoms with van der Waals surface area (Å²) >= 11 is 0. The molecular weight excluding hydrogens is 500 g/mol. The maximum atomic E-state index is 13.1. The molecule has 1 unspecified atom stereocenters. The lowest BCUT2D eigenvalue weighted by Gasteiger charge is -2.22. The minimum absolute atomic E-state index is 0.134. The van der Waals surface area contributed by atoms with E-state index in [-0.39, 0.29) is 17.4 Å². The fraction of sp³-hybridized carbons (Fsp3) is 0.231. The number of hydrogen-bond acceptors (Lipinski definition) is 9. The number of Topliss-reactive ketones (excluding diaryl/α,β-unsaturated/α-hetero) is 1. The first-order valence-electron chi connectivity index (χ1n) is 11.1. The molecule has 0 N–H and O–H groups in total. The molecule has 0 spiro atoms. The summed E-state index contributed by atoms with van der Waals surface area (Å²) < 4.78 is 41.1. The number of carbonyl (C=O) groups is 3. The van der Waals surface area contributed by atoms with Crippen molar-refractivity contribution in [1.82, 2.24) is 4.98 Å². The first-order valence-corrected chi connectivity index (χ1v) is 13.0. The van der Waals surface area contributed by atoms with Gasteiger partial charge < -0.3 is 14.2 Å². The Kier molecular flexibility index (Phi) is 8.96. The third-order valence-electron chi connectivity index (χ3n) is 5.19. The van der Waals surface area contributed by atoms with Crippen LogP contribution >= 0.6 is 0 Å². The Morgan fingerprint density at radius 1 is 0.865 bits per heavy atom. The topological polar surface area (TPSA) is 129 Å². The van der Waals surface area contributed by atoms with Gasteiger partial charge in [0.1, 0.15) is 5.69 Å². The quantitative estimate of drug-likeness (QED) is 0.273. The summed E-state index contributed by atoms with van der Waals surface area (Å²) in [6.45, 7) is 0. The zero-order valence-electron chi connectivity index (χ0n) is 20.5. The number of methoxy groups -OCH3 is 2. The van der Waals surface area contributed by atoms with E-state index in [1.165, 1.54) is 26.4 Å². The van der Waals surface area contributed by atoms with Gasteiger partial charge in [-0.1, -0.05) is 60.7 Å². The molecule has 3 rings (SSSR count). The van der Waals surface area contributed by atoms with Gasteiger partial charge >= 0.3 is 5.97 Å². The molecule has 0 bridgehead atoms. The van der Waals surface area contributed by atoms with Gasteiger partial charge in [0.25, 0.3) is 0 Å². The van der Waals surface area contributed by atoms with Crippen molar-refractivity contribution in [2.45, 2.75) is 18.9 Å². The van der Waals surface area contributed by atoms with Crippen LogP contribution in [0.5, 0.6) is 11.8 Å². The predicted octanol–water partition coefficient (Wildman–Crippen LogP) is 3.34. The lowest BCUT2D eigenvalue weighted by molar-refractivity contribution is -0.148. The van der Waals surface area contributed by atoms with Gasteiger partial charge in [-0.05, 0) is 6.07 Å². The highest BCUT2D eigenvalue weighted by molar-refractivity contribution is 7.92. The number of sulfonamides is 1. The van der Waals surface area contributed by atoms with Gasteiger partial charge in [0.05, 0.1) is 26.9 Å². The molecule has 1 aromatic heterocycles. The summed E-state index contributed by atoms with van der Waals surface area (Å²) in [5.74, 6) is -2.19. The number of ether oxygens (including phenoxy) is 3. The lowest BCUT2D eigenvalue weighted by Crippen LogP contribution is -2.37. The van der Waals surface area contributed by atoms with E-state index < -0.39 is 46.6 Å². The van der Waals surface area contributed by atoms with Crippen LogP contribution in [0.15, 0.2) is 72.8 Å². The highest BCUT2D eigenvalue weighted by Gasteiger charge is 2.31. The van der Waals surface area contributed by atoms with E-state index in [1.807, 2.05) is 0 Å². The number of esters is 1. The predicted molar refractivity (Wildman–Crippen MR) is 135 cm³/mol. The normalized spacial score (nSPS) is 11.8. The van der Waals surface area contributed by atoms with E-state index in [0.29, 0.717) is 15.4 Å². The first kappa shape index (κ1) is 27.3. The van der Waals surface area contributed by atoms with Gasteiger partial charge in [-0.2, -0.15) is 4.98 Å². The number of nitrogens with zero attached hydrogens (tertiary/aromatic N) is 2. The summed E-state index contributed by atoms with van der Waals surface area (Å²) in [4.78, 5) is 42.8. The van der Waals surface area contributed by atoms with Crippen LogP contribution < -0.4 is 13.8 Å². The van der Waals surface area contributed by atoms with E-state index in [9.17, 15) is 22.8 Å². The number of benzene rings is 2. The Labute approximate surface area is 214 Å². The van der Waals surface area contributed by atoms with E-state index in [2.05, 4.69) is 4.98 Å². The van der Waals surface area contributed by atoms with Crippen molar-refractivity contribution in [2.24, 2.45) is 0 Å². The molecule has 194 valence electrons. The molecule has 2 aromatic carbocycles. The van der Waals surface area contributed by atoms with Crippen molar-refractivity contribution in [1.29, 1.82) is 0 Å². The highest BCUT2D eigenvalue weighted by atomic mass is 32.2. The Morgan fingerprint density at radius 2 is 1.49 bits per heavy atom. The van der Waals surface area contributed by atoms with Crippen LogP contribution in [0.1, 0.15) is 34.9 Å². The molecule has 11 heteroatoms. The molecule has 1 amide bonds. The molecule has 1 heterocycles. The molecule has 0 saturated heterocycles. The number of amides is 1. The van der Waals surface area contributed by atoms with Crippen molar-refractivity contribution < 1.29 is 37.0 Å². The van der Waals surface area contributed by atoms with E-state index in [4.69, 9.17) is 14.2 Å². The second-order valence-electron chi connectivity index (χ2n) is 7.81. The molecule has 0 fully saturated rings. The largest absolute Gasteiger partial charge is 0.481 e. The fourth-order valence-corrected chi connectivity index (χ4v) is 4.45. The number of hydrogen-bond donors (Lipinski definition) is 0. The molecule has 3 aromatic rings. The zero-order valence-corrected chi connectivity index (χ0v) is 21.3. The smallest absolute Gasteiger partial charge is 0.307 e.